The van der Waals surface area contributed by atoms with Crippen LogP contribution in [0.15, 0.2) is 18.3 Å². The molecule has 1 aromatic rings. The first-order valence-corrected chi connectivity index (χ1v) is 6.05. The first-order chi connectivity index (χ1) is 9.40. The normalized spacial score (nSPS) is 22.5. The van der Waals surface area contributed by atoms with E-state index in [-0.39, 0.29) is 18.7 Å². The maximum absolute atomic E-state index is 12.4. The molecular formula is C12H14F2N2O4. The van der Waals surface area contributed by atoms with Gasteiger partial charge in [-0.15, -0.1) is 0 Å². The third kappa shape index (κ3) is 2.79. The molecule has 20 heavy (non-hydrogen) atoms. The third-order valence-corrected chi connectivity index (χ3v) is 3.21. The molecule has 0 radical (unpaired) electrons. The van der Waals surface area contributed by atoms with Gasteiger partial charge in [-0.3, -0.25) is 4.79 Å². The van der Waals surface area contributed by atoms with Gasteiger partial charge in [-0.2, -0.15) is 0 Å². The van der Waals surface area contributed by atoms with Crippen molar-refractivity contribution in [1.82, 2.24) is 9.47 Å². The largest absolute Gasteiger partial charge is 0.480 e. The second kappa shape index (κ2) is 5.58. The number of aliphatic carboxylic acids is 1. The lowest BCUT2D eigenvalue weighted by molar-refractivity contribution is -0.141. The summed E-state index contributed by atoms with van der Waals surface area (Å²) in [5, 5.41) is 18.5. The van der Waals surface area contributed by atoms with Crippen LogP contribution < -0.4 is 0 Å². The highest BCUT2D eigenvalue weighted by atomic mass is 19.3. The summed E-state index contributed by atoms with van der Waals surface area (Å²) < 4.78 is 25.9. The Morgan fingerprint density at radius 1 is 1.45 bits per heavy atom. The number of aromatic nitrogens is 1. The van der Waals surface area contributed by atoms with Crippen LogP contribution >= 0.6 is 0 Å². The predicted molar refractivity (Wildman–Crippen MR) is 63.5 cm³/mol. The second-order valence-electron chi connectivity index (χ2n) is 4.64. The quantitative estimate of drug-likeness (QED) is 0.841. The van der Waals surface area contributed by atoms with Gasteiger partial charge >= 0.3 is 5.97 Å². The van der Waals surface area contributed by atoms with Crippen LogP contribution in [0.1, 0.15) is 16.9 Å². The maximum Gasteiger partial charge on any atom is 0.326 e. The lowest BCUT2D eigenvalue weighted by Crippen LogP contribution is -2.41. The van der Waals surface area contributed by atoms with Crippen LogP contribution in [0.5, 0.6) is 0 Å². The average Bonchev–Trinajstić information content (AvgIpc) is 2.94. The van der Waals surface area contributed by atoms with Crippen molar-refractivity contribution in [3.8, 4) is 0 Å². The van der Waals surface area contributed by atoms with Gasteiger partial charge in [-0.05, 0) is 12.1 Å². The zero-order valence-electron chi connectivity index (χ0n) is 10.4. The number of rotatable bonds is 4. The Morgan fingerprint density at radius 2 is 2.15 bits per heavy atom. The van der Waals surface area contributed by atoms with E-state index in [0.717, 1.165) is 9.47 Å². The summed E-state index contributed by atoms with van der Waals surface area (Å²) in [5.41, 5.74) is -0.00866. The van der Waals surface area contributed by atoms with E-state index in [1.807, 2.05) is 0 Å². The highest BCUT2D eigenvalue weighted by Crippen LogP contribution is 2.21. The Labute approximate surface area is 113 Å². The summed E-state index contributed by atoms with van der Waals surface area (Å²) >= 11 is 0. The Bertz CT molecular complexity index is 517. The molecule has 110 valence electrons. The first kappa shape index (κ1) is 14.4. The molecule has 0 bridgehead atoms. The van der Waals surface area contributed by atoms with Gasteiger partial charge in [0.25, 0.3) is 12.3 Å². The molecule has 2 N–H and O–H groups in total. The molecule has 8 heteroatoms. The Kier molecular flexibility index (Phi) is 4.03. The highest BCUT2D eigenvalue weighted by Gasteiger charge is 2.39. The van der Waals surface area contributed by atoms with Crippen LogP contribution in [0.3, 0.4) is 0 Å². The fraction of sp³-hybridized carbons (Fsp3) is 0.500. The van der Waals surface area contributed by atoms with Crippen molar-refractivity contribution in [1.29, 1.82) is 0 Å². The van der Waals surface area contributed by atoms with Gasteiger partial charge in [0.1, 0.15) is 11.7 Å². The van der Waals surface area contributed by atoms with Gasteiger partial charge in [0.15, 0.2) is 0 Å². The molecule has 0 aliphatic carbocycles. The van der Waals surface area contributed by atoms with E-state index in [0.29, 0.717) is 0 Å². The zero-order valence-corrected chi connectivity index (χ0v) is 10.4. The zero-order chi connectivity index (χ0) is 14.9. The van der Waals surface area contributed by atoms with Crippen molar-refractivity contribution < 1.29 is 28.6 Å². The molecule has 1 aliphatic heterocycles. The van der Waals surface area contributed by atoms with E-state index in [9.17, 15) is 23.5 Å². The highest BCUT2D eigenvalue weighted by molar-refractivity contribution is 5.95. The number of carboxylic acids is 1. The Balaban J connectivity index is 2.22. The van der Waals surface area contributed by atoms with Gasteiger partial charge in [-0.1, -0.05) is 0 Å². The molecule has 0 unspecified atom stereocenters. The van der Waals surface area contributed by atoms with E-state index in [4.69, 9.17) is 5.11 Å². The molecule has 1 fully saturated rings. The monoisotopic (exact) mass is 288 g/mol. The standard InChI is InChI=1S/C12H14F2N2O4/c13-10(14)6-15-3-1-2-8(15)11(18)16-5-7(17)4-9(16)12(19)20/h1-3,7,9-10,17H,4-6H2,(H,19,20)/t7-,9-/m1/s1. The smallest absolute Gasteiger partial charge is 0.326 e. The van der Waals surface area contributed by atoms with Crippen molar-refractivity contribution in [3.05, 3.63) is 24.0 Å². The molecule has 0 aromatic carbocycles. The molecule has 1 aliphatic rings. The number of carbonyl (C=O) groups is 2. The SMILES string of the molecule is O=C(O)[C@H]1C[C@@H](O)CN1C(=O)c1cccn1CC(F)F. The van der Waals surface area contributed by atoms with Gasteiger partial charge in [0.05, 0.1) is 12.6 Å². The molecule has 1 amide bonds. The van der Waals surface area contributed by atoms with E-state index >= 15 is 0 Å². The Hall–Kier alpha value is -1.96. The number of halogens is 2. The van der Waals surface area contributed by atoms with Crippen LogP contribution in [0.2, 0.25) is 0 Å². The number of aliphatic hydroxyl groups is 1. The van der Waals surface area contributed by atoms with Gasteiger partial charge in [0, 0.05) is 19.2 Å². The van der Waals surface area contributed by atoms with E-state index in [1.165, 1.54) is 18.3 Å². The van der Waals surface area contributed by atoms with Crippen molar-refractivity contribution in [2.75, 3.05) is 6.54 Å². The second-order valence-corrected chi connectivity index (χ2v) is 4.64. The molecule has 6 nitrogen and oxygen atoms in total. The topological polar surface area (TPSA) is 82.8 Å². The van der Waals surface area contributed by atoms with Crippen LogP contribution in [0.4, 0.5) is 8.78 Å². The number of carbonyl (C=O) groups excluding carboxylic acids is 1. The summed E-state index contributed by atoms with van der Waals surface area (Å²) in [7, 11) is 0. The summed E-state index contributed by atoms with van der Waals surface area (Å²) in [6.45, 7) is -0.752. The maximum atomic E-state index is 12.4. The molecule has 0 saturated carbocycles. The van der Waals surface area contributed by atoms with Gasteiger partial charge in [0.2, 0.25) is 0 Å². The van der Waals surface area contributed by atoms with Crippen LogP contribution in [0.25, 0.3) is 0 Å². The number of carboxylic acid groups (broad SMARTS) is 1. The van der Waals surface area contributed by atoms with Crippen molar-refractivity contribution >= 4 is 11.9 Å². The number of likely N-dealkylation sites (tertiary alicyclic amines) is 1. The third-order valence-electron chi connectivity index (χ3n) is 3.21. The van der Waals surface area contributed by atoms with Gasteiger partial charge in [-0.25, -0.2) is 13.6 Å². The number of β-amino-alcohol motifs (C(OH)–C–C–N with tert-alkyl or cyclic N) is 1. The number of aliphatic hydroxyl groups excluding tert-OH is 1. The number of amides is 1. The fourth-order valence-corrected chi connectivity index (χ4v) is 2.34. The van der Waals surface area contributed by atoms with Crippen molar-refractivity contribution in [3.63, 3.8) is 0 Å². The van der Waals surface area contributed by atoms with Crippen molar-refractivity contribution in [2.24, 2.45) is 0 Å². The van der Waals surface area contributed by atoms with Gasteiger partial charge < -0.3 is 19.7 Å². The van der Waals surface area contributed by atoms with E-state index < -0.39 is 37.0 Å². The molecule has 2 rings (SSSR count). The number of nitrogens with zero attached hydrogens (tertiary/aromatic N) is 2. The summed E-state index contributed by atoms with van der Waals surface area (Å²) in [6.07, 6.45) is -2.26. The number of hydrogen-bond donors (Lipinski definition) is 2. The minimum Gasteiger partial charge on any atom is -0.480 e. The lowest BCUT2D eigenvalue weighted by atomic mass is 10.2. The number of hydrogen-bond acceptors (Lipinski definition) is 3. The molecule has 1 saturated heterocycles. The van der Waals surface area contributed by atoms with E-state index in [2.05, 4.69) is 0 Å². The molecule has 2 atom stereocenters. The minimum absolute atomic E-state index is 0.00866. The predicted octanol–water partition coefficient (Wildman–Crippen LogP) is 0.413. The van der Waals surface area contributed by atoms with Crippen molar-refractivity contribution in [2.45, 2.75) is 31.5 Å². The molecule has 1 aromatic heterocycles. The first-order valence-electron chi connectivity index (χ1n) is 6.05. The summed E-state index contributed by atoms with van der Waals surface area (Å²) in [4.78, 5) is 24.3. The molecular weight excluding hydrogens is 274 g/mol. The molecule has 2 heterocycles. The van der Waals surface area contributed by atoms with Crippen LogP contribution in [-0.4, -0.2) is 56.7 Å². The number of alkyl halides is 2. The molecule has 0 spiro atoms. The van der Waals surface area contributed by atoms with Crippen LogP contribution in [0, 0.1) is 0 Å². The Morgan fingerprint density at radius 3 is 2.75 bits per heavy atom. The van der Waals surface area contributed by atoms with Crippen LogP contribution in [-0.2, 0) is 11.3 Å². The van der Waals surface area contributed by atoms with E-state index in [1.54, 1.807) is 0 Å². The minimum atomic E-state index is -2.62. The average molecular weight is 288 g/mol. The summed E-state index contributed by atoms with van der Waals surface area (Å²) in [6, 6.07) is 1.67. The summed E-state index contributed by atoms with van der Waals surface area (Å²) in [5.74, 6) is -1.89. The fourth-order valence-electron chi connectivity index (χ4n) is 2.34. The lowest BCUT2D eigenvalue weighted by Gasteiger charge is -2.21.